The molecule has 0 radical (unpaired) electrons. The Morgan fingerprint density at radius 3 is 2.48 bits per heavy atom. The van der Waals surface area contributed by atoms with Crippen LogP contribution in [0, 0.1) is 8.99 Å². The van der Waals surface area contributed by atoms with Crippen LogP contribution in [0.3, 0.4) is 0 Å². The molecule has 0 bridgehead atoms. The number of carbonyl (C=O) groups is 1. The van der Waals surface area contributed by atoms with Crippen molar-refractivity contribution < 1.29 is 23.4 Å². The van der Waals surface area contributed by atoms with Gasteiger partial charge in [0.15, 0.2) is 5.69 Å². The van der Waals surface area contributed by atoms with Gasteiger partial charge in [-0.05, 0) is 48.8 Å². The number of hydrogen-bond acceptors (Lipinski definition) is 4. The summed E-state index contributed by atoms with van der Waals surface area (Å²) in [6.45, 7) is 6.95. The third-order valence-electron chi connectivity index (χ3n) is 3.85. The van der Waals surface area contributed by atoms with Crippen molar-refractivity contribution in [1.29, 1.82) is 0 Å². The van der Waals surface area contributed by atoms with Crippen LogP contribution in [0.2, 0.25) is 0 Å². The van der Waals surface area contributed by atoms with E-state index in [4.69, 9.17) is 4.74 Å². The summed E-state index contributed by atoms with van der Waals surface area (Å²) >= 11 is 1.94. The lowest BCUT2D eigenvalue weighted by molar-refractivity contribution is -0.160. The van der Waals surface area contributed by atoms with Crippen LogP contribution in [0.5, 0.6) is 0 Å². The van der Waals surface area contributed by atoms with E-state index in [1.54, 1.807) is 27.7 Å². The van der Waals surface area contributed by atoms with E-state index in [9.17, 15) is 18.7 Å². The van der Waals surface area contributed by atoms with Crippen LogP contribution in [0.25, 0.3) is 0 Å². The molecule has 0 unspecified atom stereocenters. The van der Waals surface area contributed by atoms with Gasteiger partial charge >= 0.3 is 5.97 Å². The molecule has 1 N–H and O–H groups in total. The molecule has 1 heterocycles. The molecule has 0 saturated heterocycles. The van der Waals surface area contributed by atoms with Gasteiger partial charge in [0.1, 0.15) is 11.3 Å². The van der Waals surface area contributed by atoms with Gasteiger partial charge in [-0.2, -0.15) is 5.10 Å². The van der Waals surface area contributed by atoms with E-state index in [2.05, 4.69) is 5.10 Å². The second-order valence-corrected chi connectivity index (χ2v) is 8.05. The van der Waals surface area contributed by atoms with Crippen LogP contribution in [0.15, 0.2) is 0 Å². The second kappa shape index (κ2) is 5.94. The molecule has 1 aliphatic rings. The molecule has 1 aliphatic carbocycles. The first kappa shape index (κ1) is 18.6. The molecule has 0 spiro atoms. The maximum atomic E-state index is 13.2. The molecule has 23 heavy (non-hydrogen) atoms. The molecule has 8 heteroatoms. The van der Waals surface area contributed by atoms with Gasteiger partial charge in [-0.3, -0.25) is 4.68 Å². The number of rotatable bonds is 5. The van der Waals surface area contributed by atoms with Gasteiger partial charge in [0.25, 0.3) is 0 Å². The van der Waals surface area contributed by atoms with Crippen molar-refractivity contribution in [1.82, 2.24) is 9.78 Å². The van der Waals surface area contributed by atoms with Crippen LogP contribution < -0.4 is 0 Å². The van der Waals surface area contributed by atoms with Gasteiger partial charge < -0.3 is 9.84 Å². The Hall–Kier alpha value is -0.770. The lowest BCUT2D eigenvalue weighted by atomic mass is 9.67. The van der Waals surface area contributed by atoms with E-state index in [0.29, 0.717) is 9.26 Å². The molecule has 1 saturated carbocycles. The van der Waals surface area contributed by atoms with Gasteiger partial charge in [0.05, 0.1) is 10.2 Å². The van der Waals surface area contributed by atoms with Crippen LogP contribution in [0.4, 0.5) is 8.78 Å². The van der Waals surface area contributed by atoms with E-state index in [1.165, 1.54) is 4.68 Å². The minimum absolute atomic E-state index is 0.183. The lowest BCUT2D eigenvalue weighted by Gasteiger charge is -2.44. The maximum Gasteiger partial charge on any atom is 0.357 e. The molecule has 130 valence electrons. The van der Waals surface area contributed by atoms with Gasteiger partial charge in [-0.15, -0.1) is 0 Å². The summed E-state index contributed by atoms with van der Waals surface area (Å²) in [6.07, 6.45) is -0.479. The number of nitrogens with zero attached hydrogens (tertiary/aromatic N) is 2. The monoisotopic (exact) mass is 442 g/mol. The Morgan fingerprint density at radius 1 is 1.48 bits per heavy atom. The number of ether oxygens (including phenoxy) is 1. The van der Waals surface area contributed by atoms with Crippen molar-refractivity contribution in [2.45, 2.75) is 58.6 Å². The number of esters is 1. The largest absolute Gasteiger partial charge is 0.461 e. The van der Waals surface area contributed by atoms with Crippen molar-refractivity contribution in [2.75, 3.05) is 6.61 Å². The number of aromatic nitrogens is 2. The van der Waals surface area contributed by atoms with Crippen molar-refractivity contribution in [2.24, 2.45) is 5.41 Å². The zero-order chi connectivity index (χ0) is 17.6. The predicted molar refractivity (Wildman–Crippen MR) is 88.4 cm³/mol. The summed E-state index contributed by atoms with van der Waals surface area (Å²) in [5.74, 6) is -3.22. The highest BCUT2D eigenvalue weighted by atomic mass is 127. The standard InChI is InChI=1S/C15H21F2IN2O3/c1-5-23-12(21)10-9(18)11(13(2,3)22)19-20(10)8-14(4)6-15(16,17)7-14/h22H,5-8H2,1-4H3. The predicted octanol–water partition coefficient (Wildman–Crippen LogP) is 3.33. The van der Waals surface area contributed by atoms with Crippen molar-refractivity contribution in [3.8, 4) is 0 Å². The minimum atomic E-state index is -2.65. The first-order chi connectivity index (χ1) is 10.4. The summed E-state index contributed by atoms with van der Waals surface area (Å²) in [7, 11) is 0. The number of aliphatic hydroxyl groups is 1. The Kier molecular flexibility index (Phi) is 4.80. The highest BCUT2D eigenvalue weighted by Crippen LogP contribution is 2.52. The molecule has 0 aliphatic heterocycles. The third-order valence-corrected chi connectivity index (χ3v) is 4.87. The van der Waals surface area contributed by atoms with Crippen molar-refractivity contribution in [3.63, 3.8) is 0 Å². The first-order valence-corrected chi connectivity index (χ1v) is 8.50. The first-order valence-electron chi connectivity index (χ1n) is 7.43. The highest BCUT2D eigenvalue weighted by Gasteiger charge is 2.54. The second-order valence-electron chi connectivity index (χ2n) is 6.97. The quantitative estimate of drug-likeness (QED) is 0.562. The van der Waals surface area contributed by atoms with E-state index >= 15 is 0 Å². The normalized spacial score (nSPS) is 19.3. The van der Waals surface area contributed by atoms with Gasteiger partial charge in [-0.1, -0.05) is 6.92 Å². The number of carbonyl (C=O) groups excluding carboxylic acids is 1. The maximum absolute atomic E-state index is 13.2. The van der Waals surface area contributed by atoms with E-state index < -0.39 is 22.9 Å². The number of hydrogen-bond donors (Lipinski definition) is 1. The Labute approximate surface area is 147 Å². The van der Waals surface area contributed by atoms with E-state index in [0.717, 1.165) is 0 Å². The van der Waals surface area contributed by atoms with Crippen LogP contribution in [0.1, 0.15) is 56.7 Å². The zero-order valence-electron chi connectivity index (χ0n) is 13.6. The molecule has 0 atom stereocenters. The van der Waals surface area contributed by atoms with Crippen molar-refractivity contribution >= 4 is 28.6 Å². The third kappa shape index (κ3) is 3.84. The smallest absolute Gasteiger partial charge is 0.357 e. The fourth-order valence-electron chi connectivity index (χ4n) is 3.01. The highest BCUT2D eigenvalue weighted by molar-refractivity contribution is 14.1. The molecule has 0 aromatic carbocycles. The summed E-state index contributed by atoms with van der Waals surface area (Å²) in [5.41, 5.74) is -1.32. The Bertz CT molecular complexity index is 615. The van der Waals surface area contributed by atoms with Gasteiger partial charge in [0.2, 0.25) is 5.92 Å². The topological polar surface area (TPSA) is 64.3 Å². The molecule has 1 aromatic rings. The number of halogens is 3. The molecule has 1 fully saturated rings. The zero-order valence-corrected chi connectivity index (χ0v) is 15.8. The van der Waals surface area contributed by atoms with E-state index in [-0.39, 0.29) is 31.7 Å². The summed E-state index contributed by atoms with van der Waals surface area (Å²) in [5, 5.41) is 14.5. The molecular formula is C15H21F2IN2O3. The molecule has 0 amide bonds. The summed E-state index contributed by atoms with van der Waals surface area (Å²) in [4.78, 5) is 12.2. The minimum Gasteiger partial charge on any atom is -0.461 e. The van der Waals surface area contributed by atoms with Crippen molar-refractivity contribution in [3.05, 3.63) is 15.0 Å². The molecule has 2 rings (SSSR count). The number of alkyl halides is 2. The van der Waals surface area contributed by atoms with Gasteiger partial charge in [-0.25, -0.2) is 13.6 Å². The average Bonchev–Trinajstić information content (AvgIpc) is 2.62. The van der Waals surface area contributed by atoms with Crippen LogP contribution in [-0.4, -0.2) is 33.4 Å². The molecule has 1 aromatic heterocycles. The van der Waals surface area contributed by atoms with E-state index in [1.807, 2.05) is 22.6 Å². The SMILES string of the molecule is CCOC(=O)c1c(I)c(C(C)(C)O)nn1CC1(C)CC(F)(F)C1. The lowest BCUT2D eigenvalue weighted by Crippen LogP contribution is -2.47. The molecular weight excluding hydrogens is 421 g/mol. The van der Waals surface area contributed by atoms with Crippen LogP contribution in [-0.2, 0) is 16.9 Å². The molecule has 5 nitrogen and oxygen atoms in total. The van der Waals surface area contributed by atoms with Gasteiger partial charge in [0, 0.05) is 19.4 Å². The fourth-order valence-corrected chi connectivity index (χ4v) is 4.28. The summed E-state index contributed by atoms with van der Waals surface area (Å²) in [6, 6.07) is 0. The average molecular weight is 442 g/mol. The Balaban J connectivity index is 2.39. The fraction of sp³-hybridized carbons (Fsp3) is 0.733. The summed E-state index contributed by atoms with van der Waals surface area (Å²) < 4.78 is 33.4. The van der Waals surface area contributed by atoms with Crippen LogP contribution >= 0.6 is 22.6 Å². The Morgan fingerprint density at radius 2 is 2.04 bits per heavy atom.